The molecule has 0 unspecified atom stereocenters. The minimum absolute atomic E-state index is 1.10. The van der Waals surface area contributed by atoms with Gasteiger partial charge in [-0.05, 0) is 105 Å². The number of para-hydroxylation sites is 1. The molecule has 0 spiro atoms. The highest BCUT2D eigenvalue weighted by molar-refractivity contribution is 7.26. The standard InChI is InChI=1S/C56H38N2S/c1-4-12-39(13-5-1)42-20-29-47(30-21-42)57(48-31-22-43(23-32-48)40-14-6-2-7-15-40)49-33-24-44(25-34-49)45-26-35-50(36-27-45)58-53-19-11-10-18-51(53)56-55(58)52-37-28-46(38-54(52)59-56)41-16-8-3-9-17-41/h1-38H. The number of benzene rings is 9. The van der Waals surface area contributed by atoms with E-state index < -0.39 is 0 Å². The van der Waals surface area contributed by atoms with E-state index in [0.29, 0.717) is 0 Å². The highest BCUT2D eigenvalue weighted by Gasteiger charge is 2.19. The molecule has 2 nitrogen and oxygen atoms in total. The minimum atomic E-state index is 1.10. The van der Waals surface area contributed by atoms with Gasteiger partial charge in [-0.1, -0.05) is 170 Å². The Hall–Kier alpha value is -7.46. The molecule has 2 aromatic heterocycles. The fourth-order valence-electron chi connectivity index (χ4n) is 8.47. The molecule has 3 heteroatoms. The van der Waals surface area contributed by atoms with Gasteiger partial charge in [0.2, 0.25) is 0 Å². The molecule has 0 saturated carbocycles. The van der Waals surface area contributed by atoms with Gasteiger partial charge >= 0.3 is 0 Å². The van der Waals surface area contributed by atoms with Gasteiger partial charge in [-0.3, -0.25) is 0 Å². The monoisotopic (exact) mass is 770 g/mol. The van der Waals surface area contributed by atoms with Crippen LogP contribution in [0.3, 0.4) is 0 Å². The van der Waals surface area contributed by atoms with Crippen LogP contribution in [0, 0.1) is 0 Å². The summed E-state index contributed by atoms with van der Waals surface area (Å²) in [5.41, 5.74) is 16.7. The van der Waals surface area contributed by atoms with E-state index >= 15 is 0 Å². The molecule has 0 amide bonds. The Kier molecular flexibility index (Phi) is 8.72. The summed E-state index contributed by atoms with van der Waals surface area (Å²) in [5.74, 6) is 0. The van der Waals surface area contributed by atoms with Gasteiger partial charge in [-0.25, -0.2) is 0 Å². The molecule has 0 N–H and O–H groups in total. The van der Waals surface area contributed by atoms with Gasteiger partial charge < -0.3 is 9.47 Å². The normalized spacial score (nSPS) is 11.4. The number of thiophene rings is 1. The summed E-state index contributed by atoms with van der Waals surface area (Å²) in [6.45, 7) is 0. The lowest BCUT2D eigenvalue weighted by Crippen LogP contribution is -2.09. The molecule has 0 saturated heterocycles. The van der Waals surface area contributed by atoms with Crippen LogP contribution in [0.4, 0.5) is 17.1 Å². The van der Waals surface area contributed by atoms with Crippen LogP contribution in [0.15, 0.2) is 231 Å². The molecule has 59 heavy (non-hydrogen) atoms. The third-order valence-electron chi connectivity index (χ3n) is 11.4. The van der Waals surface area contributed by atoms with E-state index in [1.165, 1.54) is 75.7 Å². The maximum Gasteiger partial charge on any atom is 0.0727 e. The zero-order valence-corrected chi connectivity index (χ0v) is 33.1. The lowest BCUT2D eigenvalue weighted by Gasteiger charge is -2.26. The number of nitrogens with zero attached hydrogens (tertiary/aromatic N) is 2. The second kappa shape index (κ2) is 14.8. The van der Waals surface area contributed by atoms with E-state index in [1.807, 2.05) is 11.3 Å². The summed E-state index contributed by atoms with van der Waals surface area (Å²) in [6, 6.07) is 83.3. The van der Waals surface area contributed by atoms with Crippen molar-refractivity contribution >= 4 is 59.6 Å². The maximum atomic E-state index is 2.45. The largest absolute Gasteiger partial charge is 0.311 e. The van der Waals surface area contributed by atoms with Crippen LogP contribution in [0.2, 0.25) is 0 Å². The molecule has 0 aliphatic rings. The first kappa shape index (κ1) is 34.8. The van der Waals surface area contributed by atoms with Gasteiger partial charge in [0.15, 0.2) is 0 Å². The highest BCUT2D eigenvalue weighted by atomic mass is 32.1. The quantitative estimate of drug-likeness (QED) is 0.149. The van der Waals surface area contributed by atoms with Gasteiger partial charge in [0.1, 0.15) is 0 Å². The summed E-state index contributed by atoms with van der Waals surface area (Å²) in [7, 11) is 0. The average molecular weight is 771 g/mol. The van der Waals surface area contributed by atoms with Crippen molar-refractivity contribution in [2.45, 2.75) is 0 Å². The van der Waals surface area contributed by atoms with Crippen LogP contribution in [0.5, 0.6) is 0 Å². The summed E-state index contributed by atoms with van der Waals surface area (Å²) >= 11 is 1.89. The smallest absolute Gasteiger partial charge is 0.0727 e. The van der Waals surface area contributed by atoms with Crippen LogP contribution in [0.25, 0.3) is 81.4 Å². The second-order valence-electron chi connectivity index (χ2n) is 15.0. The zero-order chi connectivity index (χ0) is 39.1. The van der Waals surface area contributed by atoms with Crippen LogP contribution in [-0.4, -0.2) is 4.57 Å². The third-order valence-corrected chi connectivity index (χ3v) is 12.6. The molecule has 9 aromatic carbocycles. The lowest BCUT2D eigenvalue weighted by atomic mass is 10.0. The Morgan fingerprint density at radius 1 is 0.322 bits per heavy atom. The van der Waals surface area contributed by atoms with Crippen molar-refractivity contribution in [3.63, 3.8) is 0 Å². The molecular formula is C56H38N2S. The van der Waals surface area contributed by atoms with E-state index in [9.17, 15) is 0 Å². The predicted molar refractivity (Wildman–Crippen MR) is 253 cm³/mol. The van der Waals surface area contributed by atoms with Gasteiger partial charge in [0, 0.05) is 38.2 Å². The first-order chi connectivity index (χ1) is 29.2. The Labute approximate surface area is 348 Å². The van der Waals surface area contributed by atoms with Gasteiger partial charge in [-0.2, -0.15) is 0 Å². The first-order valence-corrected chi connectivity index (χ1v) is 20.9. The number of anilines is 3. The number of aromatic nitrogens is 1. The lowest BCUT2D eigenvalue weighted by molar-refractivity contribution is 1.19. The molecule has 2 heterocycles. The topological polar surface area (TPSA) is 8.17 Å². The van der Waals surface area contributed by atoms with Crippen molar-refractivity contribution in [2.24, 2.45) is 0 Å². The van der Waals surface area contributed by atoms with Gasteiger partial charge in [0.25, 0.3) is 0 Å². The number of hydrogen-bond acceptors (Lipinski definition) is 2. The van der Waals surface area contributed by atoms with Crippen molar-refractivity contribution in [3.05, 3.63) is 231 Å². The van der Waals surface area contributed by atoms with E-state index in [2.05, 4.69) is 240 Å². The summed E-state index contributed by atoms with van der Waals surface area (Å²) in [5, 5.41) is 2.58. The molecule has 0 aliphatic heterocycles. The van der Waals surface area contributed by atoms with Gasteiger partial charge in [0.05, 0.1) is 15.7 Å². The Bertz CT molecular complexity index is 3120. The number of rotatable bonds is 8. The molecule has 0 aliphatic carbocycles. The van der Waals surface area contributed by atoms with E-state index in [0.717, 1.165) is 22.7 Å². The molecule has 11 rings (SSSR count). The zero-order valence-electron chi connectivity index (χ0n) is 32.2. The van der Waals surface area contributed by atoms with Crippen molar-refractivity contribution in [2.75, 3.05) is 4.90 Å². The van der Waals surface area contributed by atoms with E-state index in [4.69, 9.17) is 0 Å². The molecule has 11 aromatic rings. The van der Waals surface area contributed by atoms with Crippen LogP contribution < -0.4 is 4.90 Å². The molecule has 0 atom stereocenters. The first-order valence-electron chi connectivity index (χ1n) is 20.1. The Balaban J connectivity index is 0.937. The van der Waals surface area contributed by atoms with E-state index in [1.54, 1.807) is 0 Å². The third kappa shape index (κ3) is 6.39. The SMILES string of the molecule is c1ccc(-c2ccc(N(c3ccc(-c4ccccc4)cc3)c3ccc(-c4ccc(-n5c6ccccc6c6sc7cc(-c8ccccc8)ccc7c65)cc4)cc3)cc2)cc1. The summed E-state index contributed by atoms with van der Waals surface area (Å²) in [4.78, 5) is 2.34. The summed E-state index contributed by atoms with van der Waals surface area (Å²) in [6.07, 6.45) is 0. The Morgan fingerprint density at radius 2 is 0.712 bits per heavy atom. The molecule has 278 valence electrons. The second-order valence-corrected chi connectivity index (χ2v) is 16.0. The van der Waals surface area contributed by atoms with Crippen molar-refractivity contribution in [1.82, 2.24) is 4.57 Å². The average Bonchev–Trinajstić information content (AvgIpc) is 3.85. The molecule has 0 fully saturated rings. The molecular weight excluding hydrogens is 733 g/mol. The van der Waals surface area contributed by atoms with Crippen molar-refractivity contribution < 1.29 is 0 Å². The van der Waals surface area contributed by atoms with Crippen molar-refractivity contribution in [1.29, 1.82) is 0 Å². The fourth-order valence-corrected chi connectivity index (χ4v) is 9.73. The predicted octanol–water partition coefficient (Wildman–Crippen LogP) is 16.1. The number of fused-ring (bicyclic) bond motifs is 5. The van der Waals surface area contributed by atoms with Crippen LogP contribution in [-0.2, 0) is 0 Å². The van der Waals surface area contributed by atoms with Crippen LogP contribution >= 0.6 is 11.3 Å². The minimum Gasteiger partial charge on any atom is -0.311 e. The van der Waals surface area contributed by atoms with E-state index in [-0.39, 0.29) is 0 Å². The van der Waals surface area contributed by atoms with Gasteiger partial charge in [-0.15, -0.1) is 11.3 Å². The highest BCUT2D eigenvalue weighted by Crippen LogP contribution is 2.44. The maximum absolute atomic E-state index is 2.45. The van der Waals surface area contributed by atoms with Crippen molar-refractivity contribution in [3.8, 4) is 50.2 Å². The summed E-state index contributed by atoms with van der Waals surface area (Å²) < 4.78 is 5.08. The molecule has 0 radical (unpaired) electrons. The Morgan fingerprint density at radius 3 is 1.20 bits per heavy atom. The number of hydrogen-bond donors (Lipinski definition) is 0. The molecule has 0 bridgehead atoms. The van der Waals surface area contributed by atoms with Crippen LogP contribution in [0.1, 0.15) is 0 Å². The fraction of sp³-hybridized carbons (Fsp3) is 0.